The van der Waals surface area contributed by atoms with Crippen LogP contribution >= 0.6 is 0 Å². The van der Waals surface area contributed by atoms with Crippen molar-refractivity contribution >= 4 is 31.8 Å². The van der Waals surface area contributed by atoms with E-state index in [0.29, 0.717) is 10.9 Å². The Morgan fingerprint density at radius 2 is 1.50 bits per heavy atom. The van der Waals surface area contributed by atoms with Crippen LogP contribution in [0.3, 0.4) is 0 Å². The van der Waals surface area contributed by atoms with Crippen molar-refractivity contribution in [3.8, 4) is 17.4 Å². The Kier molecular flexibility index (Phi) is 7.37. The largest absolute Gasteiger partial charge is 0.494 e. The van der Waals surface area contributed by atoms with Crippen molar-refractivity contribution in [3.05, 3.63) is 144 Å². The third kappa shape index (κ3) is 5.41. The van der Waals surface area contributed by atoms with Crippen LogP contribution in [0.4, 0.5) is 4.39 Å². The number of fused-ring (bicyclic) bond motifs is 2. The van der Waals surface area contributed by atoms with Gasteiger partial charge in [-0.2, -0.15) is 8.42 Å². The fourth-order valence-corrected chi connectivity index (χ4v) is 6.41. The van der Waals surface area contributed by atoms with Crippen molar-refractivity contribution in [2.75, 3.05) is 0 Å². The first kappa shape index (κ1) is 29.1. The molecule has 230 valence electrons. The standard InChI is InChI=1S/C35H27FN4O5S/c1-39-21-29(38-22-39)46(42,43)45-33-27-13-8-18-37-31(27)34(44-32(24-9-4-2-5-10-24)25-11-6-3-7-12-25)30-28(33)20-40(35(30)41)19-23-14-16-26(36)17-15-23/h2-18,20-22,32,41H,19H2,1H3. The smallest absolute Gasteiger partial charge is 0.358 e. The Hall–Kier alpha value is -5.68. The van der Waals surface area contributed by atoms with Gasteiger partial charge in [-0.3, -0.25) is 4.98 Å². The number of pyridine rings is 1. The topological polar surface area (TPSA) is 108 Å². The summed E-state index contributed by atoms with van der Waals surface area (Å²) in [6.07, 6.45) is 5.24. The number of aromatic nitrogens is 4. The summed E-state index contributed by atoms with van der Waals surface area (Å²) in [6, 6.07) is 28.5. The highest BCUT2D eigenvalue weighted by Crippen LogP contribution is 2.49. The molecule has 3 heterocycles. The minimum absolute atomic E-state index is 0.0415. The van der Waals surface area contributed by atoms with Crippen LogP contribution in [0.1, 0.15) is 22.8 Å². The maximum atomic E-state index is 13.7. The lowest BCUT2D eigenvalue weighted by Gasteiger charge is -2.22. The van der Waals surface area contributed by atoms with E-state index in [1.807, 2.05) is 60.7 Å². The molecule has 0 unspecified atom stereocenters. The van der Waals surface area contributed by atoms with Gasteiger partial charge < -0.3 is 23.2 Å². The molecule has 0 aliphatic heterocycles. The van der Waals surface area contributed by atoms with Crippen LogP contribution < -0.4 is 8.92 Å². The summed E-state index contributed by atoms with van der Waals surface area (Å²) < 4.78 is 56.4. The Morgan fingerprint density at radius 3 is 2.13 bits per heavy atom. The fraction of sp³-hybridized carbons (Fsp3) is 0.0857. The molecule has 0 amide bonds. The molecule has 3 aromatic heterocycles. The molecular formula is C35H27FN4O5S. The van der Waals surface area contributed by atoms with E-state index in [9.17, 15) is 17.9 Å². The normalized spacial score (nSPS) is 11.8. The number of nitrogens with zero attached hydrogens (tertiary/aromatic N) is 4. The molecule has 11 heteroatoms. The minimum Gasteiger partial charge on any atom is -0.494 e. The molecule has 9 nitrogen and oxygen atoms in total. The van der Waals surface area contributed by atoms with Crippen LogP contribution in [0.2, 0.25) is 0 Å². The molecule has 0 atom stereocenters. The van der Waals surface area contributed by atoms with Gasteiger partial charge in [-0.05, 0) is 41.0 Å². The van der Waals surface area contributed by atoms with Crippen molar-refractivity contribution in [2.24, 2.45) is 7.05 Å². The van der Waals surface area contributed by atoms with Gasteiger partial charge in [0.25, 0.3) is 0 Å². The molecule has 1 N–H and O–H groups in total. The highest BCUT2D eigenvalue weighted by atomic mass is 32.2. The first-order chi connectivity index (χ1) is 22.3. The zero-order valence-electron chi connectivity index (χ0n) is 24.5. The number of imidazole rings is 1. The number of ether oxygens (including phenoxy) is 1. The van der Waals surface area contributed by atoms with Gasteiger partial charge in [0.05, 0.1) is 23.6 Å². The van der Waals surface area contributed by atoms with Gasteiger partial charge in [-0.1, -0.05) is 72.8 Å². The van der Waals surface area contributed by atoms with Crippen LogP contribution in [-0.4, -0.2) is 32.6 Å². The van der Waals surface area contributed by atoms with Gasteiger partial charge in [-0.25, -0.2) is 9.37 Å². The number of hydrogen-bond acceptors (Lipinski definition) is 7. The first-order valence-corrected chi connectivity index (χ1v) is 15.8. The minimum atomic E-state index is -4.40. The fourth-order valence-electron chi connectivity index (χ4n) is 5.46. The van der Waals surface area contributed by atoms with E-state index in [0.717, 1.165) is 11.1 Å². The number of benzene rings is 4. The maximum absolute atomic E-state index is 13.7. The first-order valence-electron chi connectivity index (χ1n) is 14.3. The lowest BCUT2D eigenvalue weighted by molar-refractivity contribution is 0.252. The molecule has 0 bridgehead atoms. The summed E-state index contributed by atoms with van der Waals surface area (Å²) in [5, 5.41) is 12.4. The molecule has 7 rings (SSSR count). The summed E-state index contributed by atoms with van der Waals surface area (Å²) in [4.78, 5) is 8.58. The number of halogens is 1. The van der Waals surface area contributed by atoms with E-state index >= 15 is 0 Å². The molecule has 0 fully saturated rings. The van der Waals surface area contributed by atoms with Crippen molar-refractivity contribution in [2.45, 2.75) is 17.7 Å². The van der Waals surface area contributed by atoms with Gasteiger partial charge >= 0.3 is 10.1 Å². The number of rotatable bonds is 9. The molecule has 7 aromatic rings. The summed E-state index contributed by atoms with van der Waals surface area (Å²) in [6.45, 7) is 0.150. The number of hydrogen-bond donors (Lipinski definition) is 1. The van der Waals surface area contributed by atoms with Gasteiger partial charge in [0.1, 0.15) is 17.4 Å². The van der Waals surface area contributed by atoms with E-state index in [-0.39, 0.29) is 51.1 Å². The quantitative estimate of drug-likeness (QED) is 0.175. The van der Waals surface area contributed by atoms with Crippen LogP contribution in [0.25, 0.3) is 21.7 Å². The van der Waals surface area contributed by atoms with Crippen LogP contribution in [0.5, 0.6) is 17.4 Å². The lowest BCUT2D eigenvalue weighted by atomic mass is 10.0. The average molecular weight is 635 g/mol. The predicted octanol–water partition coefficient (Wildman–Crippen LogP) is 6.75. The SMILES string of the molecule is Cn1cnc(S(=O)(=O)Oc2c3cccnc3c(OC(c3ccccc3)c3ccccc3)c3c(O)n(Cc4ccc(F)cc4)cc23)c1. The molecule has 0 radical (unpaired) electrons. The average Bonchev–Trinajstić information content (AvgIpc) is 3.66. The summed E-state index contributed by atoms with van der Waals surface area (Å²) in [7, 11) is -2.75. The Bertz CT molecular complexity index is 2250. The second-order valence-corrected chi connectivity index (χ2v) is 12.3. The molecular weight excluding hydrogens is 607 g/mol. The molecule has 0 saturated carbocycles. The zero-order valence-corrected chi connectivity index (χ0v) is 25.3. The highest BCUT2D eigenvalue weighted by molar-refractivity contribution is 7.87. The third-order valence-electron chi connectivity index (χ3n) is 7.63. The van der Waals surface area contributed by atoms with Crippen LogP contribution in [-0.2, 0) is 23.7 Å². The highest BCUT2D eigenvalue weighted by Gasteiger charge is 2.30. The summed E-state index contributed by atoms with van der Waals surface area (Å²) in [5.41, 5.74) is 2.70. The van der Waals surface area contributed by atoms with E-state index in [4.69, 9.17) is 8.92 Å². The molecule has 0 saturated heterocycles. The van der Waals surface area contributed by atoms with Gasteiger partial charge in [-0.15, -0.1) is 0 Å². The predicted molar refractivity (Wildman–Crippen MR) is 171 cm³/mol. The van der Waals surface area contributed by atoms with E-state index in [2.05, 4.69) is 9.97 Å². The summed E-state index contributed by atoms with van der Waals surface area (Å²) >= 11 is 0. The maximum Gasteiger partial charge on any atom is 0.358 e. The lowest BCUT2D eigenvalue weighted by Crippen LogP contribution is -2.12. The van der Waals surface area contributed by atoms with E-state index < -0.39 is 16.2 Å². The number of aromatic hydroxyl groups is 1. The molecule has 0 spiro atoms. The molecule has 4 aromatic carbocycles. The summed E-state index contributed by atoms with van der Waals surface area (Å²) in [5.74, 6) is -0.398. The third-order valence-corrected chi connectivity index (χ3v) is 8.74. The Labute approximate surface area is 263 Å². The van der Waals surface area contributed by atoms with Crippen LogP contribution in [0, 0.1) is 5.82 Å². The van der Waals surface area contributed by atoms with Gasteiger partial charge in [0.15, 0.2) is 11.5 Å². The second kappa shape index (κ2) is 11.7. The van der Waals surface area contributed by atoms with Gasteiger partial charge in [0.2, 0.25) is 10.9 Å². The van der Waals surface area contributed by atoms with Crippen LogP contribution in [0.15, 0.2) is 127 Å². The van der Waals surface area contributed by atoms with Crippen molar-refractivity contribution in [1.82, 2.24) is 19.1 Å². The second-order valence-electron chi connectivity index (χ2n) is 10.8. The number of aryl methyl sites for hydroxylation is 1. The van der Waals surface area contributed by atoms with Crippen molar-refractivity contribution in [3.63, 3.8) is 0 Å². The van der Waals surface area contributed by atoms with Crippen molar-refractivity contribution < 1.29 is 26.8 Å². The van der Waals surface area contributed by atoms with E-state index in [1.165, 1.54) is 33.8 Å². The zero-order chi connectivity index (χ0) is 31.8. The van der Waals surface area contributed by atoms with Gasteiger partial charge in [0, 0.05) is 31.0 Å². The Morgan fingerprint density at radius 1 is 0.826 bits per heavy atom. The Balaban J connectivity index is 1.48. The molecule has 46 heavy (non-hydrogen) atoms. The molecule has 0 aliphatic carbocycles. The van der Waals surface area contributed by atoms with E-state index in [1.54, 1.807) is 43.7 Å². The monoisotopic (exact) mass is 634 g/mol. The molecule has 0 aliphatic rings. The van der Waals surface area contributed by atoms with Crippen molar-refractivity contribution in [1.29, 1.82) is 0 Å².